The van der Waals surface area contributed by atoms with Gasteiger partial charge in [0.2, 0.25) is 10.0 Å². The molecule has 1 aliphatic heterocycles. The second kappa shape index (κ2) is 8.57. The van der Waals surface area contributed by atoms with Crippen LogP contribution >= 0.6 is 0 Å². The number of benzene rings is 1. The second-order valence-electron chi connectivity index (χ2n) is 6.06. The lowest BCUT2D eigenvalue weighted by atomic mass is 10.2. The van der Waals surface area contributed by atoms with E-state index in [0.717, 1.165) is 5.56 Å². The largest absolute Gasteiger partial charge is 0.379 e. The van der Waals surface area contributed by atoms with Crippen LogP contribution in [0.3, 0.4) is 0 Å². The topological polar surface area (TPSA) is 104 Å². The Kier molecular flexibility index (Phi) is 6.17. The summed E-state index contributed by atoms with van der Waals surface area (Å²) >= 11 is 0. The van der Waals surface area contributed by atoms with Gasteiger partial charge in [-0.25, -0.2) is 8.42 Å². The average Bonchev–Trinajstić information content (AvgIpc) is 2.73. The third kappa shape index (κ3) is 4.69. The van der Waals surface area contributed by atoms with Gasteiger partial charge in [-0.05, 0) is 25.1 Å². The molecule has 1 aromatic heterocycles. The van der Waals surface area contributed by atoms with Crippen molar-refractivity contribution in [1.82, 2.24) is 14.7 Å². The number of pyridine rings is 1. The Morgan fingerprint density at radius 2 is 2.07 bits per heavy atom. The van der Waals surface area contributed by atoms with E-state index in [1.807, 2.05) is 6.07 Å². The summed E-state index contributed by atoms with van der Waals surface area (Å²) in [4.78, 5) is 4.16. The van der Waals surface area contributed by atoms with Crippen LogP contribution in [0.1, 0.15) is 24.3 Å². The lowest BCUT2D eigenvalue weighted by Crippen LogP contribution is -2.40. The number of nitrogens with zero attached hydrogens (tertiary/aromatic N) is 3. The summed E-state index contributed by atoms with van der Waals surface area (Å²) in [5.41, 5.74) is 4.52. The zero-order valence-electron chi connectivity index (χ0n) is 14.9. The first-order valence-electron chi connectivity index (χ1n) is 8.54. The summed E-state index contributed by atoms with van der Waals surface area (Å²) in [6.07, 6.45) is 2.19. The fourth-order valence-corrected chi connectivity index (χ4v) is 4.12. The van der Waals surface area contributed by atoms with E-state index in [2.05, 4.69) is 15.5 Å². The number of aliphatic hydroxyl groups excluding tert-OH is 1. The van der Waals surface area contributed by atoms with Gasteiger partial charge >= 0.3 is 0 Å². The van der Waals surface area contributed by atoms with E-state index in [1.165, 1.54) is 16.4 Å². The molecule has 2 aromatic rings. The van der Waals surface area contributed by atoms with Crippen LogP contribution in [0.25, 0.3) is 0 Å². The van der Waals surface area contributed by atoms with Crippen molar-refractivity contribution in [3.8, 4) is 0 Å². The number of sulfonamides is 1. The molecule has 0 spiro atoms. The third-order valence-corrected chi connectivity index (χ3v) is 6.11. The number of nitrogens with one attached hydrogen (secondary N) is 1. The first-order valence-corrected chi connectivity index (χ1v) is 9.98. The number of rotatable bonds is 6. The Morgan fingerprint density at radius 1 is 1.30 bits per heavy atom. The van der Waals surface area contributed by atoms with Gasteiger partial charge in [-0.3, -0.25) is 10.4 Å². The van der Waals surface area contributed by atoms with Crippen molar-refractivity contribution in [2.24, 2.45) is 5.10 Å². The normalized spacial score (nSPS) is 17.5. The number of aromatic nitrogens is 1. The molecular weight excluding hydrogens is 368 g/mol. The molecular formula is C18H22N4O4S. The molecule has 1 atom stereocenters. The average molecular weight is 390 g/mol. The maximum Gasteiger partial charge on any atom is 0.243 e. The van der Waals surface area contributed by atoms with Crippen molar-refractivity contribution >= 4 is 15.7 Å². The van der Waals surface area contributed by atoms with Crippen molar-refractivity contribution in [3.63, 3.8) is 0 Å². The first-order chi connectivity index (χ1) is 13.0. The molecule has 1 fully saturated rings. The summed E-state index contributed by atoms with van der Waals surface area (Å²) < 4.78 is 32.1. The molecule has 0 saturated carbocycles. The molecule has 0 aliphatic carbocycles. The molecule has 3 rings (SSSR count). The monoisotopic (exact) mass is 390 g/mol. The number of hydrazone groups is 1. The molecule has 1 aliphatic rings. The zero-order valence-corrected chi connectivity index (χ0v) is 15.8. The Labute approximate surface area is 158 Å². The zero-order chi connectivity index (χ0) is 19.3. The van der Waals surface area contributed by atoms with E-state index in [4.69, 9.17) is 4.74 Å². The molecule has 0 radical (unpaired) electrons. The van der Waals surface area contributed by atoms with E-state index < -0.39 is 16.3 Å². The van der Waals surface area contributed by atoms with Gasteiger partial charge in [0.05, 0.1) is 23.8 Å². The van der Waals surface area contributed by atoms with Gasteiger partial charge < -0.3 is 9.84 Å². The summed E-state index contributed by atoms with van der Waals surface area (Å²) in [5, 5.41) is 14.5. The number of ether oxygens (including phenoxy) is 1. The molecule has 1 saturated heterocycles. The van der Waals surface area contributed by atoms with Crippen LogP contribution in [0.2, 0.25) is 0 Å². The third-order valence-electron chi connectivity index (χ3n) is 4.22. The summed E-state index contributed by atoms with van der Waals surface area (Å²) in [7, 11) is -3.62. The van der Waals surface area contributed by atoms with Gasteiger partial charge in [0.1, 0.15) is 0 Å². The highest BCUT2D eigenvalue weighted by Crippen LogP contribution is 2.20. The van der Waals surface area contributed by atoms with Crippen LogP contribution in [0.15, 0.2) is 58.8 Å². The number of aliphatic hydroxyl groups is 1. The minimum atomic E-state index is -3.62. The summed E-state index contributed by atoms with van der Waals surface area (Å²) in [6.45, 7) is 3.19. The number of morpholine rings is 1. The molecule has 8 nitrogen and oxygen atoms in total. The van der Waals surface area contributed by atoms with Crippen LogP contribution < -0.4 is 5.43 Å². The second-order valence-corrected chi connectivity index (χ2v) is 8.00. The Morgan fingerprint density at radius 3 is 2.78 bits per heavy atom. The molecule has 1 aromatic carbocycles. The van der Waals surface area contributed by atoms with Crippen LogP contribution in [-0.4, -0.2) is 54.8 Å². The van der Waals surface area contributed by atoms with Crippen molar-refractivity contribution in [2.75, 3.05) is 26.3 Å². The highest BCUT2D eigenvalue weighted by molar-refractivity contribution is 7.89. The lowest BCUT2D eigenvalue weighted by molar-refractivity contribution is 0.0730. The fourth-order valence-electron chi connectivity index (χ4n) is 2.65. The maximum atomic E-state index is 12.7. The van der Waals surface area contributed by atoms with Gasteiger partial charge in [0.25, 0.3) is 0 Å². The molecule has 0 amide bonds. The molecule has 27 heavy (non-hydrogen) atoms. The minimum absolute atomic E-state index is 0.135. The van der Waals surface area contributed by atoms with Gasteiger partial charge in [0, 0.05) is 36.6 Å². The maximum absolute atomic E-state index is 12.7. The summed E-state index contributed by atoms with van der Waals surface area (Å²) in [6, 6.07) is 9.87. The van der Waals surface area contributed by atoms with Crippen LogP contribution in [0, 0.1) is 0 Å². The van der Waals surface area contributed by atoms with Crippen molar-refractivity contribution in [1.29, 1.82) is 0 Å². The SMILES string of the molecule is C/C(=N\NC(O)c1cccc(S(=O)(=O)N2CCOCC2)c1)c1cccnc1. The smallest absolute Gasteiger partial charge is 0.243 e. The van der Waals surface area contributed by atoms with Gasteiger partial charge in [-0.1, -0.05) is 18.2 Å². The van der Waals surface area contributed by atoms with Crippen molar-refractivity contribution in [3.05, 3.63) is 59.9 Å². The predicted octanol–water partition coefficient (Wildman–Crippen LogP) is 1.11. The van der Waals surface area contributed by atoms with Crippen molar-refractivity contribution < 1.29 is 18.3 Å². The van der Waals surface area contributed by atoms with Gasteiger partial charge in [0.15, 0.2) is 6.23 Å². The quantitative estimate of drug-likeness (QED) is 0.435. The van der Waals surface area contributed by atoms with Crippen molar-refractivity contribution in [2.45, 2.75) is 18.0 Å². The molecule has 144 valence electrons. The van der Waals surface area contributed by atoms with E-state index >= 15 is 0 Å². The lowest BCUT2D eigenvalue weighted by Gasteiger charge is -2.26. The molecule has 2 N–H and O–H groups in total. The highest BCUT2D eigenvalue weighted by atomic mass is 32.2. The predicted molar refractivity (Wildman–Crippen MR) is 101 cm³/mol. The molecule has 2 heterocycles. The number of hydrogen-bond acceptors (Lipinski definition) is 7. The van der Waals surface area contributed by atoms with E-state index in [-0.39, 0.29) is 4.90 Å². The number of hydrogen-bond donors (Lipinski definition) is 2. The van der Waals surface area contributed by atoms with Crippen LogP contribution in [0.5, 0.6) is 0 Å². The van der Waals surface area contributed by atoms with E-state index in [1.54, 1.807) is 37.5 Å². The first kappa shape index (κ1) is 19.4. The highest BCUT2D eigenvalue weighted by Gasteiger charge is 2.26. The molecule has 1 unspecified atom stereocenters. The van der Waals surface area contributed by atoms with Crippen LogP contribution in [0.4, 0.5) is 0 Å². The summed E-state index contributed by atoms with van der Waals surface area (Å²) in [5.74, 6) is 0. The molecule has 9 heteroatoms. The molecule has 0 bridgehead atoms. The van der Waals surface area contributed by atoms with E-state index in [9.17, 15) is 13.5 Å². The minimum Gasteiger partial charge on any atom is -0.379 e. The van der Waals surface area contributed by atoms with Gasteiger partial charge in [-0.15, -0.1) is 0 Å². The van der Waals surface area contributed by atoms with Crippen LogP contribution in [-0.2, 0) is 14.8 Å². The van der Waals surface area contributed by atoms with Gasteiger partial charge in [-0.2, -0.15) is 9.41 Å². The standard InChI is InChI=1S/C18H22N4O4S/c1-14(16-5-3-7-19-13-16)20-21-18(23)15-4-2-6-17(12-15)27(24,25)22-8-10-26-11-9-22/h2-7,12-13,18,21,23H,8-11H2,1H3/b20-14+. The van der Waals surface area contributed by atoms with E-state index in [0.29, 0.717) is 37.6 Å². The Hall–Kier alpha value is -2.33. The fraction of sp³-hybridized carbons (Fsp3) is 0.333. The Balaban J connectivity index is 1.74. The Bertz CT molecular complexity index is 897.